The molecule has 136 valence electrons. The Morgan fingerprint density at radius 2 is 2.20 bits per heavy atom. The van der Waals surface area contributed by atoms with E-state index in [2.05, 4.69) is 26.9 Å². The molecule has 1 unspecified atom stereocenters. The van der Waals surface area contributed by atoms with Gasteiger partial charge < -0.3 is 13.8 Å². The molecular formula is C17H25N5O3. The molecule has 1 atom stereocenters. The predicted molar refractivity (Wildman–Crippen MR) is 89.9 cm³/mol. The zero-order valence-corrected chi connectivity index (χ0v) is 15.1. The number of carbonyl (C=O) groups excluding carboxylic acids is 1. The van der Waals surface area contributed by atoms with Crippen LogP contribution in [0.4, 0.5) is 0 Å². The SMILES string of the molecule is CCN(Cc1noc(C)n1)C1CCCN(C(=O)c2ncoc2C)CC1. The van der Waals surface area contributed by atoms with Crippen LogP contribution in [0, 0.1) is 13.8 Å². The van der Waals surface area contributed by atoms with Crippen molar-refractivity contribution in [2.45, 2.75) is 52.6 Å². The number of hydrogen-bond donors (Lipinski definition) is 0. The van der Waals surface area contributed by atoms with Gasteiger partial charge in [-0.15, -0.1) is 0 Å². The van der Waals surface area contributed by atoms with Crippen LogP contribution in [0.3, 0.4) is 0 Å². The minimum atomic E-state index is -0.0382. The summed E-state index contributed by atoms with van der Waals surface area (Å²) in [5.74, 6) is 1.85. The molecule has 3 rings (SSSR count). The van der Waals surface area contributed by atoms with Crippen LogP contribution < -0.4 is 0 Å². The van der Waals surface area contributed by atoms with Crippen molar-refractivity contribution < 1.29 is 13.7 Å². The Hall–Kier alpha value is -2.22. The van der Waals surface area contributed by atoms with E-state index in [1.54, 1.807) is 13.8 Å². The summed E-state index contributed by atoms with van der Waals surface area (Å²) in [5.41, 5.74) is 0.424. The van der Waals surface area contributed by atoms with Crippen LogP contribution in [0.25, 0.3) is 0 Å². The highest BCUT2D eigenvalue weighted by Gasteiger charge is 2.27. The van der Waals surface area contributed by atoms with Crippen molar-refractivity contribution in [3.05, 3.63) is 29.6 Å². The lowest BCUT2D eigenvalue weighted by Gasteiger charge is -2.28. The van der Waals surface area contributed by atoms with Gasteiger partial charge in [-0.2, -0.15) is 4.98 Å². The molecule has 0 bridgehead atoms. The molecule has 3 heterocycles. The number of likely N-dealkylation sites (tertiary alicyclic amines) is 1. The lowest BCUT2D eigenvalue weighted by Crippen LogP contribution is -2.37. The number of aryl methyl sites for hydroxylation is 2. The second-order valence-electron chi connectivity index (χ2n) is 6.43. The minimum Gasteiger partial charge on any atom is -0.448 e. The second-order valence-corrected chi connectivity index (χ2v) is 6.43. The Morgan fingerprint density at radius 3 is 2.84 bits per heavy atom. The van der Waals surface area contributed by atoms with Crippen LogP contribution in [0.2, 0.25) is 0 Å². The highest BCUT2D eigenvalue weighted by atomic mass is 16.5. The summed E-state index contributed by atoms with van der Waals surface area (Å²) in [6.07, 6.45) is 4.27. The fourth-order valence-corrected chi connectivity index (χ4v) is 3.39. The Balaban J connectivity index is 1.62. The van der Waals surface area contributed by atoms with Crippen LogP contribution in [0.1, 0.15) is 54.2 Å². The van der Waals surface area contributed by atoms with E-state index >= 15 is 0 Å². The first-order valence-corrected chi connectivity index (χ1v) is 8.81. The van der Waals surface area contributed by atoms with E-state index in [0.29, 0.717) is 29.9 Å². The summed E-state index contributed by atoms with van der Waals surface area (Å²) in [7, 11) is 0. The van der Waals surface area contributed by atoms with Gasteiger partial charge in [0.05, 0.1) is 6.54 Å². The summed E-state index contributed by atoms with van der Waals surface area (Å²) in [5, 5.41) is 4.00. The van der Waals surface area contributed by atoms with Crippen molar-refractivity contribution in [3.63, 3.8) is 0 Å². The van der Waals surface area contributed by atoms with Gasteiger partial charge in [0.2, 0.25) is 5.89 Å². The third kappa shape index (κ3) is 4.07. The monoisotopic (exact) mass is 347 g/mol. The number of nitrogens with zero attached hydrogens (tertiary/aromatic N) is 5. The predicted octanol–water partition coefficient (Wildman–Crippen LogP) is 2.19. The fourth-order valence-electron chi connectivity index (χ4n) is 3.39. The zero-order chi connectivity index (χ0) is 17.8. The lowest BCUT2D eigenvalue weighted by molar-refractivity contribution is 0.0749. The van der Waals surface area contributed by atoms with Gasteiger partial charge in [0.1, 0.15) is 5.76 Å². The van der Waals surface area contributed by atoms with E-state index in [-0.39, 0.29) is 5.91 Å². The molecular weight excluding hydrogens is 322 g/mol. The molecule has 2 aromatic heterocycles. The Labute approximate surface area is 147 Å². The van der Waals surface area contributed by atoms with Gasteiger partial charge in [0.25, 0.3) is 5.91 Å². The molecule has 0 saturated carbocycles. The number of oxazole rings is 1. The molecule has 1 saturated heterocycles. The van der Waals surface area contributed by atoms with E-state index < -0.39 is 0 Å². The van der Waals surface area contributed by atoms with Gasteiger partial charge in [0, 0.05) is 26.1 Å². The number of aromatic nitrogens is 3. The van der Waals surface area contributed by atoms with E-state index in [9.17, 15) is 4.79 Å². The Morgan fingerprint density at radius 1 is 1.36 bits per heavy atom. The van der Waals surface area contributed by atoms with Gasteiger partial charge in [-0.1, -0.05) is 12.1 Å². The van der Waals surface area contributed by atoms with Gasteiger partial charge >= 0.3 is 0 Å². The highest BCUT2D eigenvalue weighted by Crippen LogP contribution is 2.20. The number of carbonyl (C=O) groups is 1. The molecule has 2 aromatic rings. The first-order valence-electron chi connectivity index (χ1n) is 8.81. The topological polar surface area (TPSA) is 88.5 Å². The lowest BCUT2D eigenvalue weighted by atomic mass is 10.1. The average Bonchev–Trinajstić information content (AvgIpc) is 3.12. The molecule has 0 aromatic carbocycles. The number of rotatable bonds is 5. The van der Waals surface area contributed by atoms with Crippen LogP contribution in [-0.4, -0.2) is 56.5 Å². The first kappa shape index (κ1) is 17.6. The smallest absolute Gasteiger partial charge is 0.276 e. The largest absolute Gasteiger partial charge is 0.448 e. The number of amides is 1. The van der Waals surface area contributed by atoms with Crippen molar-refractivity contribution in [3.8, 4) is 0 Å². The maximum atomic E-state index is 12.6. The van der Waals surface area contributed by atoms with Gasteiger partial charge in [0.15, 0.2) is 17.9 Å². The molecule has 1 aliphatic heterocycles. The fraction of sp³-hybridized carbons (Fsp3) is 0.647. The molecule has 0 spiro atoms. The molecule has 1 aliphatic rings. The summed E-state index contributed by atoms with van der Waals surface area (Å²) in [4.78, 5) is 25.2. The molecule has 0 radical (unpaired) electrons. The average molecular weight is 347 g/mol. The highest BCUT2D eigenvalue weighted by molar-refractivity contribution is 5.93. The minimum absolute atomic E-state index is 0.0382. The second kappa shape index (κ2) is 7.77. The van der Waals surface area contributed by atoms with Crippen molar-refractivity contribution in [1.29, 1.82) is 0 Å². The molecule has 1 amide bonds. The maximum absolute atomic E-state index is 12.6. The molecule has 8 heteroatoms. The zero-order valence-electron chi connectivity index (χ0n) is 15.1. The third-order valence-electron chi connectivity index (χ3n) is 4.77. The van der Waals surface area contributed by atoms with E-state index in [1.165, 1.54) is 6.39 Å². The van der Waals surface area contributed by atoms with E-state index in [1.807, 2.05) is 4.90 Å². The standard InChI is InChI=1S/C17H25N5O3/c1-4-21(10-15-19-13(3)25-20-15)14-6-5-8-22(9-7-14)17(23)16-12(2)24-11-18-16/h11,14H,4-10H2,1-3H3. The van der Waals surface area contributed by atoms with Crippen LogP contribution in [0.5, 0.6) is 0 Å². The van der Waals surface area contributed by atoms with Gasteiger partial charge in [-0.05, 0) is 32.7 Å². The van der Waals surface area contributed by atoms with Crippen molar-refractivity contribution >= 4 is 5.91 Å². The first-order chi connectivity index (χ1) is 12.1. The third-order valence-corrected chi connectivity index (χ3v) is 4.77. The summed E-state index contributed by atoms with van der Waals surface area (Å²) in [6, 6.07) is 0.403. The summed E-state index contributed by atoms with van der Waals surface area (Å²) in [6.45, 7) is 8.77. The summed E-state index contributed by atoms with van der Waals surface area (Å²) >= 11 is 0. The molecule has 1 fully saturated rings. The Kier molecular flexibility index (Phi) is 5.47. The van der Waals surface area contributed by atoms with Crippen LogP contribution in [0.15, 0.2) is 15.3 Å². The van der Waals surface area contributed by atoms with Crippen LogP contribution in [-0.2, 0) is 6.54 Å². The Bertz CT molecular complexity index is 711. The molecule has 0 aliphatic carbocycles. The quantitative estimate of drug-likeness (QED) is 0.819. The number of hydrogen-bond acceptors (Lipinski definition) is 7. The van der Waals surface area contributed by atoms with Crippen molar-refractivity contribution in [2.24, 2.45) is 0 Å². The van der Waals surface area contributed by atoms with Crippen molar-refractivity contribution in [1.82, 2.24) is 24.9 Å². The normalized spacial score (nSPS) is 18.6. The molecule has 0 N–H and O–H groups in total. The van der Waals surface area contributed by atoms with Gasteiger partial charge in [-0.3, -0.25) is 9.69 Å². The van der Waals surface area contributed by atoms with E-state index in [4.69, 9.17) is 8.94 Å². The van der Waals surface area contributed by atoms with Crippen LogP contribution >= 0.6 is 0 Å². The molecule has 8 nitrogen and oxygen atoms in total. The van der Waals surface area contributed by atoms with Gasteiger partial charge in [-0.25, -0.2) is 4.98 Å². The summed E-state index contributed by atoms with van der Waals surface area (Å²) < 4.78 is 10.2. The maximum Gasteiger partial charge on any atom is 0.276 e. The van der Waals surface area contributed by atoms with E-state index in [0.717, 1.165) is 44.7 Å². The van der Waals surface area contributed by atoms with Crippen molar-refractivity contribution in [2.75, 3.05) is 19.6 Å². The molecule has 25 heavy (non-hydrogen) atoms.